The molecule has 0 fully saturated rings. The number of rotatable bonds is 5. The molecule has 6 nitrogen and oxygen atoms in total. The summed E-state index contributed by atoms with van der Waals surface area (Å²) < 4.78 is 7.58. The van der Waals surface area contributed by atoms with Crippen LogP contribution in [0.4, 0.5) is 4.79 Å². The first-order valence-electron chi connectivity index (χ1n) is 7.47. The summed E-state index contributed by atoms with van der Waals surface area (Å²) in [5, 5.41) is 9.88. The fourth-order valence-corrected chi connectivity index (χ4v) is 2.58. The van der Waals surface area contributed by atoms with Crippen LogP contribution in [0.2, 0.25) is 0 Å². The highest BCUT2D eigenvalue weighted by Gasteiger charge is 2.22. The number of benzene rings is 1. The topological polar surface area (TPSA) is 68.2 Å². The first-order valence-corrected chi connectivity index (χ1v) is 7.47. The third-order valence-electron chi connectivity index (χ3n) is 3.60. The summed E-state index contributed by atoms with van der Waals surface area (Å²) in [5.41, 5.74) is 1.20. The average Bonchev–Trinajstić information content (AvgIpc) is 3.13. The molecule has 3 rings (SSSR count). The van der Waals surface area contributed by atoms with E-state index in [1.54, 1.807) is 10.9 Å². The second-order valence-corrected chi connectivity index (χ2v) is 5.54. The first-order chi connectivity index (χ1) is 10.7. The molecular weight excluding hydrogens is 280 g/mol. The van der Waals surface area contributed by atoms with E-state index in [4.69, 9.17) is 4.74 Å². The molecule has 0 unspecified atom stereocenters. The molecule has 1 aliphatic heterocycles. The highest BCUT2D eigenvalue weighted by atomic mass is 16.5. The number of urea groups is 1. The monoisotopic (exact) mass is 300 g/mol. The van der Waals surface area contributed by atoms with Crippen LogP contribution in [-0.2, 0) is 13.0 Å². The molecule has 2 heterocycles. The number of carbonyl (C=O) groups excluding carboxylic acids is 1. The third kappa shape index (κ3) is 3.58. The number of carbonyl (C=O) groups is 1. The van der Waals surface area contributed by atoms with E-state index in [9.17, 15) is 4.79 Å². The van der Waals surface area contributed by atoms with Gasteiger partial charge in [-0.05, 0) is 24.6 Å². The standard InChI is InChI=1S/C16H20N4O2/c1-12(11-20-8-4-7-18-20)19-16(21)17-10-14-9-13-5-2-3-6-15(13)22-14/h2-8,12,14H,9-11H2,1H3,(H2,17,19,21)/t12-,14-/m1/s1. The van der Waals surface area contributed by atoms with Crippen molar-refractivity contribution in [3.8, 4) is 5.75 Å². The molecular formula is C16H20N4O2. The fourth-order valence-electron chi connectivity index (χ4n) is 2.58. The van der Waals surface area contributed by atoms with Gasteiger partial charge in [0.05, 0.1) is 13.1 Å². The Balaban J connectivity index is 1.40. The maximum Gasteiger partial charge on any atom is 0.315 e. The number of nitrogens with one attached hydrogen (secondary N) is 2. The maximum atomic E-state index is 11.9. The van der Waals surface area contributed by atoms with Crippen LogP contribution in [-0.4, -0.2) is 34.5 Å². The van der Waals surface area contributed by atoms with Crippen molar-refractivity contribution in [1.29, 1.82) is 0 Å². The summed E-state index contributed by atoms with van der Waals surface area (Å²) in [6.45, 7) is 3.09. The Labute approximate surface area is 129 Å². The molecule has 22 heavy (non-hydrogen) atoms. The van der Waals surface area contributed by atoms with Gasteiger partial charge >= 0.3 is 6.03 Å². The predicted octanol–water partition coefficient (Wildman–Crippen LogP) is 1.57. The molecule has 6 heteroatoms. The van der Waals surface area contributed by atoms with Crippen LogP contribution in [0.15, 0.2) is 42.7 Å². The molecule has 0 radical (unpaired) electrons. The zero-order chi connectivity index (χ0) is 15.4. The minimum Gasteiger partial charge on any atom is -0.488 e. The lowest BCUT2D eigenvalue weighted by atomic mass is 10.1. The summed E-state index contributed by atoms with van der Waals surface area (Å²) >= 11 is 0. The van der Waals surface area contributed by atoms with Crippen LogP contribution in [0.1, 0.15) is 12.5 Å². The molecule has 0 bridgehead atoms. The Morgan fingerprint density at radius 1 is 1.45 bits per heavy atom. The molecule has 0 saturated carbocycles. The van der Waals surface area contributed by atoms with Crippen molar-refractivity contribution in [3.05, 3.63) is 48.3 Å². The molecule has 0 spiro atoms. The van der Waals surface area contributed by atoms with E-state index < -0.39 is 0 Å². The van der Waals surface area contributed by atoms with Crippen molar-refractivity contribution in [2.45, 2.75) is 32.0 Å². The Hall–Kier alpha value is -2.50. The van der Waals surface area contributed by atoms with Crippen molar-refractivity contribution in [3.63, 3.8) is 0 Å². The van der Waals surface area contributed by atoms with Gasteiger partial charge in [0, 0.05) is 24.9 Å². The second-order valence-electron chi connectivity index (χ2n) is 5.54. The zero-order valence-electron chi connectivity index (χ0n) is 12.5. The SMILES string of the molecule is C[C@H](Cn1cccn1)NC(=O)NC[C@H]1Cc2ccccc2O1. The molecule has 2 amide bonds. The second kappa shape index (κ2) is 6.51. The number of fused-ring (bicyclic) bond motifs is 1. The van der Waals surface area contributed by atoms with Crippen molar-refractivity contribution in [2.24, 2.45) is 0 Å². The van der Waals surface area contributed by atoms with Crippen molar-refractivity contribution in [1.82, 2.24) is 20.4 Å². The number of ether oxygens (including phenoxy) is 1. The van der Waals surface area contributed by atoms with E-state index in [1.165, 1.54) is 5.56 Å². The van der Waals surface area contributed by atoms with Gasteiger partial charge in [0.1, 0.15) is 11.9 Å². The Morgan fingerprint density at radius 3 is 3.09 bits per heavy atom. The number of hydrogen-bond donors (Lipinski definition) is 2. The Morgan fingerprint density at radius 2 is 2.32 bits per heavy atom. The molecule has 116 valence electrons. The van der Waals surface area contributed by atoms with E-state index in [-0.39, 0.29) is 18.2 Å². The van der Waals surface area contributed by atoms with Crippen LogP contribution >= 0.6 is 0 Å². The largest absolute Gasteiger partial charge is 0.488 e. The molecule has 2 aromatic rings. The van der Waals surface area contributed by atoms with E-state index in [1.807, 2.05) is 37.4 Å². The quantitative estimate of drug-likeness (QED) is 0.881. The van der Waals surface area contributed by atoms with Crippen LogP contribution in [0.3, 0.4) is 0 Å². The van der Waals surface area contributed by atoms with Gasteiger partial charge in [-0.2, -0.15) is 5.10 Å². The van der Waals surface area contributed by atoms with Gasteiger partial charge < -0.3 is 15.4 Å². The zero-order valence-corrected chi connectivity index (χ0v) is 12.5. The number of amides is 2. The molecule has 2 atom stereocenters. The smallest absolute Gasteiger partial charge is 0.315 e. The normalized spacial score (nSPS) is 17.4. The molecule has 1 aromatic heterocycles. The summed E-state index contributed by atoms with van der Waals surface area (Å²) in [6, 6.07) is 9.66. The summed E-state index contributed by atoms with van der Waals surface area (Å²) in [7, 11) is 0. The van der Waals surface area contributed by atoms with Crippen molar-refractivity contribution in [2.75, 3.05) is 6.54 Å². The van der Waals surface area contributed by atoms with Crippen molar-refractivity contribution >= 4 is 6.03 Å². The van der Waals surface area contributed by atoms with E-state index in [0.717, 1.165) is 12.2 Å². The van der Waals surface area contributed by atoms with Gasteiger partial charge in [-0.25, -0.2) is 4.79 Å². The molecule has 1 aliphatic rings. The lowest BCUT2D eigenvalue weighted by Crippen LogP contribution is -2.45. The minimum absolute atomic E-state index is 0.00148. The van der Waals surface area contributed by atoms with Gasteiger partial charge in [-0.3, -0.25) is 4.68 Å². The van der Waals surface area contributed by atoms with Crippen molar-refractivity contribution < 1.29 is 9.53 Å². The van der Waals surface area contributed by atoms with Gasteiger partial charge in [-0.15, -0.1) is 0 Å². The predicted molar refractivity (Wildman–Crippen MR) is 82.8 cm³/mol. The highest BCUT2D eigenvalue weighted by molar-refractivity contribution is 5.74. The summed E-state index contributed by atoms with van der Waals surface area (Å²) in [5.74, 6) is 0.918. The van der Waals surface area contributed by atoms with Crippen LogP contribution in [0.5, 0.6) is 5.75 Å². The maximum absolute atomic E-state index is 11.9. The average molecular weight is 300 g/mol. The molecule has 0 saturated heterocycles. The van der Waals surface area contributed by atoms with E-state index in [0.29, 0.717) is 13.1 Å². The number of para-hydroxylation sites is 1. The van der Waals surface area contributed by atoms with Gasteiger partial charge in [0.2, 0.25) is 0 Å². The third-order valence-corrected chi connectivity index (χ3v) is 3.60. The lowest BCUT2D eigenvalue weighted by molar-refractivity contribution is 0.211. The highest BCUT2D eigenvalue weighted by Crippen LogP contribution is 2.27. The molecule has 0 aliphatic carbocycles. The number of aromatic nitrogens is 2. The van der Waals surface area contributed by atoms with Gasteiger partial charge in [-0.1, -0.05) is 18.2 Å². The number of hydrogen-bond acceptors (Lipinski definition) is 3. The number of nitrogens with zero attached hydrogens (tertiary/aromatic N) is 2. The fraction of sp³-hybridized carbons (Fsp3) is 0.375. The molecule has 1 aromatic carbocycles. The van der Waals surface area contributed by atoms with Crippen LogP contribution in [0.25, 0.3) is 0 Å². The summed E-state index contributed by atoms with van der Waals surface area (Å²) in [4.78, 5) is 11.9. The molecule has 2 N–H and O–H groups in total. The van der Waals surface area contributed by atoms with E-state index >= 15 is 0 Å². The lowest BCUT2D eigenvalue weighted by Gasteiger charge is -2.16. The van der Waals surface area contributed by atoms with E-state index in [2.05, 4.69) is 21.8 Å². The van der Waals surface area contributed by atoms with Gasteiger partial charge in [0.15, 0.2) is 0 Å². The Bertz CT molecular complexity index is 602. The van der Waals surface area contributed by atoms with Crippen LogP contribution in [0, 0.1) is 0 Å². The van der Waals surface area contributed by atoms with Gasteiger partial charge in [0.25, 0.3) is 0 Å². The first kappa shape index (κ1) is 14.4. The van der Waals surface area contributed by atoms with Crippen LogP contribution < -0.4 is 15.4 Å². The summed E-state index contributed by atoms with van der Waals surface area (Å²) in [6.07, 6.45) is 4.44. The Kier molecular flexibility index (Phi) is 4.27. The minimum atomic E-state index is -0.181.